The van der Waals surface area contributed by atoms with Crippen molar-refractivity contribution in [2.45, 2.75) is 55.5 Å². The Kier molecular flexibility index (Phi) is 5.28. The Labute approximate surface area is 186 Å². The van der Waals surface area contributed by atoms with Gasteiger partial charge in [0.05, 0.1) is 12.4 Å². The van der Waals surface area contributed by atoms with Crippen LogP contribution in [-0.2, 0) is 24.1 Å². The third kappa shape index (κ3) is 3.60. The molecule has 3 aromatic heterocycles. The summed E-state index contributed by atoms with van der Waals surface area (Å²) >= 11 is 0. The largest absolute Gasteiger partial charge is 0.351 e. The molecule has 11 nitrogen and oxygen atoms in total. The fourth-order valence-corrected chi connectivity index (χ4v) is 6.26. The lowest BCUT2D eigenvalue weighted by atomic mass is 10.1. The molecule has 1 aliphatic heterocycles. The van der Waals surface area contributed by atoms with Gasteiger partial charge in [0, 0.05) is 45.5 Å². The van der Waals surface area contributed by atoms with Gasteiger partial charge in [0.15, 0.2) is 5.65 Å². The number of nitrogens with zero attached hydrogens (tertiary/aromatic N) is 7. The van der Waals surface area contributed by atoms with Crippen molar-refractivity contribution in [3.63, 3.8) is 0 Å². The van der Waals surface area contributed by atoms with Gasteiger partial charge in [-0.2, -0.15) is 14.4 Å². The van der Waals surface area contributed by atoms with Crippen molar-refractivity contribution < 1.29 is 8.42 Å². The molecule has 0 radical (unpaired) electrons. The molecule has 0 unspecified atom stereocenters. The SMILES string of the molecule is Cn1cc(S(=O)(=O)N2CCC(Nc3ncc4c(n3)n(C3CCCC3)c(=O)n4C)CC2)cn1. The smallest absolute Gasteiger partial charge is 0.330 e. The number of hydrogen-bond donors (Lipinski definition) is 1. The zero-order valence-corrected chi connectivity index (χ0v) is 19.1. The number of aromatic nitrogens is 6. The maximum absolute atomic E-state index is 12.8. The number of fused-ring (bicyclic) bond motifs is 1. The van der Waals surface area contributed by atoms with E-state index in [1.807, 2.05) is 4.57 Å². The van der Waals surface area contributed by atoms with E-state index < -0.39 is 10.0 Å². The second-order valence-electron chi connectivity index (χ2n) is 8.72. The van der Waals surface area contributed by atoms with Gasteiger partial charge >= 0.3 is 5.69 Å². The minimum absolute atomic E-state index is 0.0488. The molecular formula is C20H28N8O3S. The second-order valence-corrected chi connectivity index (χ2v) is 10.7. The van der Waals surface area contributed by atoms with Crippen LogP contribution in [0, 0.1) is 0 Å². The van der Waals surface area contributed by atoms with Crippen molar-refractivity contribution in [1.82, 2.24) is 33.2 Å². The van der Waals surface area contributed by atoms with Gasteiger partial charge in [-0.15, -0.1) is 0 Å². The highest BCUT2D eigenvalue weighted by atomic mass is 32.2. The van der Waals surface area contributed by atoms with Crippen molar-refractivity contribution in [1.29, 1.82) is 0 Å². The van der Waals surface area contributed by atoms with Crippen LogP contribution in [-0.4, -0.2) is 60.7 Å². The molecule has 0 atom stereocenters. The summed E-state index contributed by atoms with van der Waals surface area (Å²) in [6.07, 6.45) is 10.1. The van der Waals surface area contributed by atoms with E-state index in [1.54, 1.807) is 24.9 Å². The Morgan fingerprint density at radius 2 is 1.78 bits per heavy atom. The van der Waals surface area contributed by atoms with Gasteiger partial charge in [-0.1, -0.05) is 12.8 Å². The summed E-state index contributed by atoms with van der Waals surface area (Å²) in [6, 6.07) is 0.248. The van der Waals surface area contributed by atoms with Gasteiger partial charge in [-0.3, -0.25) is 13.8 Å². The van der Waals surface area contributed by atoms with Gasteiger partial charge in [-0.25, -0.2) is 18.2 Å². The van der Waals surface area contributed by atoms with Crippen molar-refractivity contribution in [2.75, 3.05) is 18.4 Å². The van der Waals surface area contributed by atoms with Crippen molar-refractivity contribution in [3.05, 3.63) is 29.1 Å². The highest BCUT2D eigenvalue weighted by Crippen LogP contribution is 2.30. The van der Waals surface area contributed by atoms with E-state index in [0.29, 0.717) is 37.5 Å². The van der Waals surface area contributed by atoms with Crippen molar-refractivity contribution in [2.24, 2.45) is 14.1 Å². The Hall–Kier alpha value is -2.73. The molecule has 1 saturated heterocycles. The summed E-state index contributed by atoms with van der Waals surface area (Å²) < 4.78 is 32.0. The molecule has 2 fully saturated rings. The standard InChI is InChI=1S/C20H28N8O3S/c1-25-13-16(11-22-25)32(30,31)27-9-7-14(8-10-27)23-19-21-12-17-18(24-19)28(20(29)26(17)2)15-5-3-4-6-15/h11-15H,3-10H2,1-2H3,(H,21,23,24). The molecule has 0 amide bonds. The summed E-state index contributed by atoms with van der Waals surface area (Å²) in [5.41, 5.74) is 1.34. The maximum Gasteiger partial charge on any atom is 0.330 e. The molecular weight excluding hydrogens is 432 g/mol. The van der Waals surface area contributed by atoms with Crippen LogP contribution in [0.25, 0.3) is 11.2 Å². The maximum atomic E-state index is 12.8. The number of anilines is 1. The van der Waals surface area contributed by atoms with Crippen LogP contribution in [0.1, 0.15) is 44.6 Å². The van der Waals surface area contributed by atoms with Crippen molar-refractivity contribution in [3.8, 4) is 0 Å². The third-order valence-electron chi connectivity index (χ3n) is 6.63. The Morgan fingerprint density at radius 1 is 1.06 bits per heavy atom. The number of piperidine rings is 1. The van der Waals surface area contributed by atoms with E-state index in [2.05, 4.69) is 15.4 Å². The average Bonchev–Trinajstić information content (AvgIpc) is 3.50. The van der Waals surface area contributed by atoms with E-state index in [-0.39, 0.29) is 22.7 Å². The van der Waals surface area contributed by atoms with Crippen molar-refractivity contribution >= 4 is 27.1 Å². The number of sulfonamides is 1. The van der Waals surface area contributed by atoms with Gasteiger partial charge in [0.2, 0.25) is 16.0 Å². The molecule has 0 bridgehead atoms. The van der Waals surface area contributed by atoms with Crippen LogP contribution < -0.4 is 11.0 Å². The monoisotopic (exact) mass is 460 g/mol. The summed E-state index contributed by atoms with van der Waals surface area (Å²) in [5, 5.41) is 7.32. The Morgan fingerprint density at radius 3 is 2.44 bits per heavy atom. The zero-order chi connectivity index (χ0) is 22.5. The highest BCUT2D eigenvalue weighted by Gasteiger charge is 2.31. The number of aryl methyl sites for hydroxylation is 2. The van der Waals surface area contributed by atoms with Crippen LogP contribution in [0.15, 0.2) is 28.3 Å². The zero-order valence-electron chi connectivity index (χ0n) is 18.3. The lowest BCUT2D eigenvalue weighted by Crippen LogP contribution is -2.42. The predicted molar refractivity (Wildman–Crippen MR) is 119 cm³/mol. The van der Waals surface area contributed by atoms with Crippen LogP contribution in [0.5, 0.6) is 0 Å². The minimum atomic E-state index is -3.53. The molecule has 2 aliphatic rings. The molecule has 4 heterocycles. The first-order valence-electron chi connectivity index (χ1n) is 11.0. The normalized spacial score (nSPS) is 19.2. The number of rotatable bonds is 5. The van der Waals surface area contributed by atoms with Gasteiger partial charge in [-0.05, 0) is 25.7 Å². The van der Waals surface area contributed by atoms with Crippen LogP contribution in [0.4, 0.5) is 5.95 Å². The van der Waals surface area contributed by atoms with Crippen LogP contribution >= 0.6 is 0 Å². The molecule has 3 aromatic rings. The van der Waals surface area contributed by atoms with Crippen LogP contribution in [0.2, 0.25) is 0 Å². The van der Waals surface area contributed by atoms with E-state index >= 15 is 0 Å². The third-order valence-corrected chi connectivity index (χ3v) is 8.48. The molecule has 172 valence electrons. The number of hydrogen-bond acceptors (Lipinski definition) is 7. The summed E-state index contributed by atoms with van der Waals surface area (Å²) in [5.74, 6) is 0.475. The molecule has 32 heavy (non-hydrogen) atoms. The van der Waals surface area contributed by atoms with Gasteiger partial charge in [0.25, 0.3) is 0 Å². The Bertz CT molecular complexity index is 1290. The quantitative estimate of drug-likeness (QED) is 0.608. The van der Waals surface area contributed by atoms with E-state index in [9.17, 15) is 13.2 Å². The Balaban J connectivity index is 1.31. The lowest BCUT2D eigenvalue weighted by Gasteiger charge is -2.31. The summed E-state index contributed by atoms with van der Waals surface area (Å²) in [6.45, 7) is 0.824. The molecule has 5 rings (SSSR count). The van der Waals surface area contributed by atoms with Gasteiger partial charge in [0.1, 0.15) is 10.4 Å². The molecule has 1 aliphatic carbocycles. The summed E-state index contributed by atoms with van der Waals surface area (Å²) in [4.78, 5) is 22.1. The topological polar surface area (TPSA) is 120 Å². The lowest BCUT2D eigenvalue weighted by molar-refractivity contribution is 0.329. The molecule has 0 spiro atoms. The van der Waals surface area contributed by atoms with E-state index in [1.165, 1.54) is 21.4 Å². The first-order chi connectivity index (χ1) is 15.3. The average molecular weight is 461 g/mol. The fraction of sp³-hybridized carbons (Fsp3) is 0.600. The molecule has 1 saturated carbocycles. The second kappa shape index (κ2) is 8.00. The van der Waals surface area contributed by atoms with E-state index in [4.69, 9.17) is 4.98 Å². The summed E-state index contributed by atoms with van der Waals surface area (Å²) in [7, 11) is -0.0789. The first-order valence-corrected chi connectivity index (χ1v) is 12.5. The van der Waals surface area contributed by atoms with Crippen LogP contribution in [0.3, 0.4) is 0 Å². The van der Waals surface area contributed by atoms with Gasteiger partial charge < -0.3 is 5.32 Å². The molecule has 0 aromatic carbocycles. The number of imidazole rings is 1. The fourth-order valence-electron chi connectivity index (χ4n) is 4.80. The molecule has 12 heteroatoms. The predicted octanol–water partition coefficient (Wildman–Crippen LogP) is 1.24. The first kappa shape index (κ1) is 21.1. The molecule has 1 N–H and O–H groups in total. The highest BCUT2D eigenvalue weighted by molar-refractivity contribution is 7.89. The van der Waals surface area contributed by atoms with E-state index in [0.717, 1.165) is 31.2 Å². The number of nitrogens with one attached hydrogen (secondary N) is 1. The minimum Gasteiger partial charge on any atom is -0.351 e.